The van der Waals surface area contributed by atoms with Crippen LogP contribution in [-0.4, -0.2) is 36.9 Å². The molecule has 0 aliphatic heterocycles. The van der Waals surface area contributed by atoms with Gasteiger partial charge < -0.3 is 18.6 Å². The van der Waals surface area contributed by atoms with Gasteiger partial charge in [-0.3, -0.25) is 0 Å². The molecule has 166 valence electrons. The first-order valence-electron chi connectivity index (χ1n) is 10.6. The standard InChI is InChI=1S/C24H29NO5S/c1-4-27-21(24(26)28-5-2)16-18-10-12-19(13-11-18)29-14-6-8-20-17(3)30-23(25-20)22-9-7-15-31-22/h7,9-13,15,21H,4-6,8,14,16H2,1-3H3/t21-/m1/s1. The van der Waals surface area contributed by atoms with Gasteiger partial charge in [-0.2, -0.15) is 0 Å². The molecule has 2 heterocycles. The Hall–Kier alpha value is -2.64. The summed E-state index contributed by atoms with van der Waals surface area (Å²) < 4.78 is 22.3. The smallest absolute Gasteiger partial charge is 0.335 e. The van der Waals surface area contributed by atoms with E-state index in [2.05, 4.69) is 4.98 Å². The first-order valence-corrected chi connectivity index (χ1v) is 11.5. The molecular formula is C24H29NO5S. The number of hydrogen-bond donors (Lipinski definition) is 0. The minimum atomic E-state index is -0.582. The van der Waals surface area contributed by atoms with Gasteiger partial charge in [0.1, 0.15) is 11.5 Å². The maximum atomic E-state index is 12.0. The Bertz CT molecular complexity index is 934. The fourth-order valence-corrected chi connectivity index (χ4v) is 3.83. The lowest BCUT2D eigenvalue weighted by atomic mass is 10.1. The monoisotopic (exact) mass is 443 g/mol. The molecule has 0 bridgehead atoms. The number of hydrogen-bond acceptors (Lipinski definition) is 7. The molecule has 0 aliphatic carbocycles. The Morgan fingerprint density at radius 1 is 1.16 bits per heavy atom. The lowest BCUT2D eigenvalue weighted by Gasteiger charge is -2.15. The fraction of sp³-hybridized carbons (Fsp3) is 0.417. The minimum Gasteiger partial charge on any atom is -0.494 e. The van der Waals surface area contributed by atoms with Gasteiger partial charge in [-0.1, -0.05) is 18.2 Å². The van der Waals surface area contributed by atoms with Crippen LogP contribution in [0, 0.1) is 6.92 Å². The van der Waals surface area contributed by atoms with Crippen LogP contribution < -0.4 is 4.74 Å². The van der Waals surface area contributed by atoms with E-state index in [1.165, 1.54) is 0 Å². The van der Waals surface area contributed by atoms with Gasteiger partial charge in [-0.05, 0) is 62.8 Å². The van der Waals surface area contributed by atoms with E-state index in [0.717, 1.165) is 40.5 Å². The summed E-state index contributed by atoms with van der Waals surface area (Å²) in [5, 5.41) is 2.02. The first kappa shape index (κ1) is 23.0. The van der Waals surface area contributed by atoms with Crippen molar-refractivity contribution in [2.75, 3.05) is 19.8 Å². The summed E-state index contributed by atoms with van der Waals surface area (Å²) in [5.74, 6) is 2.02. The van der Waals surface area contributed by atoms with Crippen LogP contribution in [0.3, 0.4) is 0 Å². The molecule has 6 nitrogen and oxygen atoms in total. The average molecular weight is 444 g/mol. The molecule has 0 saturated carbocycles. The van der Waals surface area contributed by atoms with Crippen molar-refractivity contribution in [3.05, 3.63) is 58.8 Å². The molecule has 1 aromatic carbocycles. The first-order chi connectivity index (χ1) is 15.1. The Labute approximate surface area is 187 Å². The number of nitrogens with zero attached hydrogens (tertiary/aromatic N) is 1. The quantitative estimate of drug-likeness (QED) is 0.282. The molecule has 3 aromatic rings. The molecule has 0 amide bonds. The molecule has 0 aliphatic rings. The zero-order chi connectivity index (χ0) is 22.1. The predicted molar refractivity (Wildman–Crippen MR) is 121 cm³/mol. The van der Waals surface area contributed by atoms with Crippen LogP contribution in [0.1, 0.15) is 37.3 Å². The van der Waals surface area contributed by atoms with E-state index in [1.54, 1.807) is 18.3 Å². The summed E-state index contributed by atoms with van der Waals surface area (Å²) in [6.45, 7) is 7.00. The normalized spacial score (nSPS) is 12.0. The average Bonchev–Trinajstić information content (AvgIpc) is 3.42. The van der Waals surface area contributed by atoms with E-state index < -0.39 is 6.10 Å². The van der Waals surface area contributed by atoms with Gasteiger partial charge in [0.2, 0.25) is 5.89 Å². The second-order valence-corrected chi connectivity index (χ2v) is 7.94. The summed E-state index contributed by atoms with van der Waals surface area (Å²) in [4.78, 5) is 17.7. The van der Waals surface area contributed by atoms with Gasteiger partial charge in [0.15, 0.2) is 6.10 Å². The Morgan fingerprint density at radius 3 is 2.65 bits per heavy atom. The molecule has 7 heteroatoms. The minimum absolute atomic E-state index is 0.324. The number of carbonyl (C=O) groups is 1. The zero-order valence-corrected chi connectivity index (χ0v) is 19.1. The third-order valence-corrected chi connectivity index (χ3v) is 5.57. The topological polar surface area (TPSA) is 70.8 Å². The number of aromatic nitrogens is 1. The van der Waals surface area contributed by atoms with Crippen LogP contribution in [0.5, 0.6) is 5.75 Å². The fourth-order valence-electron chi connectivity index (χ4n) is 3.18. The van der Waals surface area contributed by atoms with E-state index in [1.807, 2.05) is 55.6 Å². The zero-order valence-electron chi connectivity index (χ0n) is 18.3. The molecule has 3 rings (SSSR count). The van der Waals surface area contributed by atoms with Crippen molar-refractivity contribution in [2.24, 2.45) is 0 Å². The van der Waals surface area contributed by atoms with Crippen molar-refractivity contribution >= 4 is 17.3 Å². The van der Waals surface area contributed by atoms with Gasteiger partial charge in [0.05, 0.1) is 23.8 Å². The highest BCUT2D eigenvalue weighted by atomic mass is 32.1. The van der Waals surface area contributed by atoms with Gasteiger partial charge in [0, 0.05) is 13.0 Å². The lowest BCUT2D eigenvalue weighted by Crippen LogP contribution is -2.28. The molecule has 0 spiro atoms. The highest BCUT2D eigenvalue weighted by Gasteiger charge is 2.20. The van der Waals surface area contributed by atoms with Crippen molar-refractivity contribution in [1.82, 2.24) is 4.98 Å². The van der Waals surface area contributed by atoms with Crippen LogP contribution in [0.15, 0.2) is 46.2 Å². The summed E-state index contributed by atoms with van der Waals surface area (Å²) >= 11 is 1.62. The van der Waals surface area contributed by atoms with Crippen LogP contribution >= 0.6 is 11.3 Å². The van der Waals surface area contributed by atoms with E-state index in [-0.39, 0.29) is 5.97 Å². The molecule has 0 saturated heterocycles. The van der Waals surface area contributed by atoms with Gasteiger partial charge in [-0.25, -0.2) is 9.78 Å². The largest absolute Gasteiger partial charge is 0.494 e. The molecule has 2 aromatic heterocycles. The molecule has 0 unspecified atom stereocenters. The molecule has 0 N–H and O–H groups in total. The molecule has 0 fully saturated rings. The molecule has 1 atom stereocenters. The van der Waals surface area contributed by atoms with Crippen molar-refractivity contribution < 1.29 is 23.4 Å². The molecule has 31 heavy (non-hydrogen) atoms. The van der Waals surface area contributed by atoms with Crippen molar-refractivity contribution in [3.63, 3.8) is 0 Å². The van der Waals surface area contributed by atoms with Crippen molar-refractivity contribution in [2.45, 2.75) is 46.1 Å². The van der Waals surface area contributed by atoms with Crippen LogP contribution in [0.4, 0.5) is 0 Å². The third-order valence-electron chi connectivity index (χ3n) is 4.71. The summed E-state index contributed by atoms with van der Waals surface area (Å²) in [6, 6.07) is 11.7. The van der Waals surface area contributed by atoms with Crippen LogP contribution in [-0.2, 0) is 27.1 Å². The van der Waals surface area contributed by atoms with E-state index in [0.29, 0.717) is 32.1 Å². The van der Waals surface area contributed by atoms with Crippen LogP contribution in [0.2, 0.25) is 0 Å². The second kappa shape index (κ2) is 11.7. The number of thiophene rings is 1. The van der Waals surface area contributed by atoms with Crippen LogP contribution in [0.25, 0.3) is 10.8 Å². The lowest BCUT2D eigenvalue weighted by molar-refractivity contribution is -0.156. The molecular weight excluding hydrogens is 414 g/mol. The number of benzene rings is 1. The number of esters is 1. The predicted octanol–water partition coefficient (Wildman–Crippen LogP) is 5.23. The van der Waals surface area contributed by atoms with Crippen molar-refractivity contribution in [3.8, 4) is 16.5 Å². The number of aryl methyl sites for hydroxylation is 2. The van der Waals surface area contributed by atoms with Gasteiger partial charge >= 0.3 is 5.97 Å². The van der Waals surface area contributed by atoms with Gasteiger partial charge in [-0.15, -0.1) is 11.3 Å². The molecule has 0 radical (unpaired) electrons. The third kappa shape index (κ3) is 6.67. The summed E-state index contributed by atoms with van der Waals surface area (Å²) in [7, 11) is 0. The van der Waals surface area contributed by atoms with Gasteiger partial charge in [0.25, 0.3) is 0 Å². The number of oxazole rings is 1. The van der Waals surface area contributed by atoms with Crippen molar-refractivity contribution in [1.29, 1.82) is 0 Å². The van der Waals surface area contributed by atoms with E-state index in [4.69, 9.17) is 18.6 Å². The maximum Gasteiger partial charge on any atom is 0.335 e. The Balaban J connectivity index is 1.46. The number of carbonyl (C=O) groups excluding carboxylic acids is 1. The maximum absolute atomic E-state index is 12.0. The Morgan fingerprint density at radius 2 is 1.97 bits per heavy atom. The number of ether oxygens (including phenoxy) is 3. The second-order valence-electron chi connectivity index (χ2n) is 7.00. The highest BCUT2D eigenvalue weighted by molar-refractivity contribution is 7.13. The summed E-state index contributed by atoms with van der Waals surface area (Å²) in [6.07, 6.45) is 1.54. The Kier molecular flexibility index (Phi) is 8.67. The number of rotatable bonds is 12. The summed E-state index contributed by atoms with van der Waals surface area (Å²) in [5.41, 5.74) is 1.97. The SMILES string of the molecule is CCOC(=O)[C@@H](Cc1ccc(OCCCc2nc(-c3cccs3)oc2C)cc1)OCC. The van der Waals surface area contributed by atoms with E-state index >= 15 is 0 Å². The highest BCUT2D eigenvalue weighted by Crippen LogP contribution is 2.26. The van der Waals surface area contributed by atoms with E-state index in [9.17, 15) is 4.79 Å².